The Labute approximate surface area is 183 Å². The summed E-state index contributed by atoms with van der Waals surface area (Å²) in [7, 11) is 1.75. The fourth-order valence-corrected chi connectivity index (χ4v) is 4.35. The van der Waals surface area contributed by atoms with Crippen molar-refractivity contribution >= 4 is 5.97 Å². The maximum absolute atomic E-state index is 12.3. The number of hydrogen-bond donors (Lipinski definition) is 0. The number of carbonyl (C=O) groups excluding carboxylic acids is 1. The summed E-state index contributed by atoms with van der Waals surface area (Å²) in [5, 5.41) is 0. The zero-order chi connectivity index (χ0) is 22.1. The molecule has 2 aliphatic heterocycles. The molecule has 1 unspecified atom stereocenters. The molecule has 0 saturated carbocycles. The third-order valence-electron chi connectivity index (χ3n) is 6.09. The van der Waals surface area contributed by atoms with Gasteiger partial charge < -0.3 is 14.4 Å². The molecule has 4 heteroatoms. The molecule has 0 amide bonds. The number of likely N-dealkylation sites (tertiary alicyclic amines) is 1. The van der Waals surface area contributed by atoms with Crippen LogP contribution < -0.4 is 0 Å². The number of nitrogens with zero attached hydrogens (tertiary/aromatic N) is 1. The van der Waals surface area contributed by atoms with Crippen LogP contribution in [0.4, 0.5) is 0 Å². The first-order chi connectivity index (χ1) is 14.3. The van der Waals surface area contributed by atoms with E-state index in [0.29, 0.717) is 12.6 Å². The molecule has 2 aliphatic rings. The number of esters is 1. The first kappa shape index (κ1) is 24.5. The van der Waals surface area contributed by atoms with E-state index in [9.17, 15) is 4.79 Å². The van der Waals surface area contributed by atoms with Crippen LogP contribution in [-0.4, -0.2) is 43.3 Å². The summed E-state index contributed by atoms with van der Waals surface area (Å²) in [5.41, 5.74) is 6.06. The minimum absolute atomic E-state index is 0.161. The normalized spacial score (nSPS) is 22.7. The highest BCUT2D eigenvalue weighted by molar-refractivity contribution is 5.91. The van der Waals surface area contributed by atoms with Gasteiger partial charge in [-0.05, 0) is 73.1 Å². The molecule has 168 valence electrons. The van der Waals surface area contributed by atoms with Crippen LogP contribution in [0.5, 0.6) is 0 Å². The molecule has 1 fully saturated rings. The second-order valence-corrected chi connectivity index (χ2v) is 9.04. The molecule has 1 saturated heterocycles. The van der Waals surface area contributed by atoms with Crippen LogP contribution in [0, 0.1) is 0 Å². The molecule has 4 nitrogen and oxygen atoms in total. The number of ether oxygens (including phenoxy) is 2. The Balaban J connectivity index is 1.90. The van der Waals surface area contributed by atoms with Gasteiger partial charge in [-0.2, -0.15) is 0 Å². The first-order valence-electron chi connectivity index (χ1n) is 11.5. The van der Waals surface area contributed by atoms with Crippen LogP contribution >= 0.6 is 0 Å². The van der Waals surface area contributed by atoms with E-state index in [1.165, 1.54) is 16.7 Å². The van der Waals surface area contributed by atoms with Gasteiger partial charge in [0, 0.05) is 20.1 Å². The van der Waals surface area contributed by atoms with Crippen molar-refractivity contribution < 1.29 is 14.3 Å². The van der Waals surface area contributed by atoms with Gasteiger partial charge in [-0.1, -0.05) is 34.9 Å². The molecule has 0 spiro atoms. The molecule has 0 aromatic heterocycles. The van der Waals surface area contributed by atoms with Crippen molar-refractivity contribution in [2.75, 3.05) is 20.3 Å². The minimum Gasteiger partial charge on any atom is -0.452 e. The summed E-state index contributed by atoms with van der Waals surface area (Å²) < 4.78 is 11.1. The number of methoxy groups -OCH3 is 1. The fourth-order valence-electron chi connectivity index (χ4n) is 4.35. The van der Waals surface area contributed by atoms with E-state index in [2.05, 4.69) is 50.8 Å². The number of allylic oxidation sites excluding steroid dienone is 5. The summed E-state index contributed by atoms with van der Waals surface area (Å²) in [5.74, 6) is -0.168. The Bertz CT molecular complexity index is 710. The molecule has 0 bridgehead atoms. The summed E-state index contributed by atoms with van der Waals surface area (Å²) >= 11 is 0. The van der Waals surface area contributed by atoms with E-state index in [1.807, 2.05) is 6.92 Å². The van der Waals surface area contributed by atoms with Gasteiger partial charge in [0.15, 0.2) is 0 Å². The van der Waals surface area contributed by atoms with Crippen molar-refractivity contribution in [1.29, 1.82) is 0 Å². The van der Waals surface area contributed by atoms with Crippen LogP contribution in [0.2, 0.25) is 0 Å². The van der Waals surface area contributed by atoms with Gasteiger partial charge in [-0.3, -0.25) is 0 Å². The van der Waals surface area contributed by atoms with E-state index in [-0.39, 0.29) is 12.1 Å². The van der Waals surface area contributed by atoms with Crippen LogP contribution in [0.15, 0.2) is 46.2 Å². The molecule has 30 heavy (non-hydrogen) atoms. The van der Waals surface area contributed by atoms with Crippen molar-refractivity contribution in [2.24, 2.45) is 0 Å². The maximum atomic E-state index is 12.3. The summed E-state index contributed by atoms with van der Waals surface area (Å²) in [6.45, 7) is 12.3. The Morgan fingerprint density at radius 1 is 1.10 bits per heavy atom. The lowest BCUT2D eigenvalue weighted by molar-refractivity contribution is -0.139. The van der Waals surface area contributed by atoms with Crippen molar-refractivity contribution in [2.45, 2.75) is 91.7 Å². The van der Waals surface area contributed by atoms with E-state index >= 15 is 0 Å². The van der Waals surface area contributed by atoms with Crippen molar-refractivity contribution in [3.63, 3.8) is 0 Å². The van der Waals surface area contributed by atoms with Crippen LogP contribution in [0.1, 0.15) is 79.6 Å². The third-order valence-corrected chi connectivity index (χ3v) is 6.09. The highest BCUT2D eigenvalue weighted by Crippen LogP contribution is 2.34. The zero-order valence-corrected chi connectivity index (χ0v) is 19.9. The number of rotatable bonds is 11. The number of carbonyl (C=O) groups is 1. The second-order valence-electron chi connectivity index (χ2n) is 9.04. The van der Waals surface area contributed by atoms with Crippen LogP contribution in [0.3, 0.4) is 0 Å². The van der Waals surface area contributed by atoms with Gasteiger partial charge in [0.05, 0.1) is 23.9 Å². The molecule has 0 aliphatic carbocycles. The molecule has 2 rings (SSSR count). The fraction of sp³-hybridized carbons (Fsp3) is 0.654. The monoisotopic (exact) mass is 415 g/mol. The Morgan fingerprint density at radius 3 is 2.43 bits per heavy atom. The Hall–Kier alpha value is -1.81. The van der Waals surface area contributed by atoms with Crippen molar-refractivity contribution in [3.8, 4) is 0 Å². The largest absolute Gasteiger partial charge is 0.452 e. The minimum atomic E-state index is -0.168. The molecule has 2 atom stereocenters. The van der Waals surface area contributed by atoms with E-state index in [0.717, 1.165) is 62.8 Å². The molecule has 2 heterocycles. The molecule has 0 N–H and O–H groups in total. The smallest absolute Gasteiger partial charge is 0.336 e. The lowest BCUT2D eigenvalue weighted by Crippen LogP contribution is -2.36. The summed E-state index contributed by atoms with van der Waals surface area (Å²) in [4.78, 5) is 14.6. The molecule has 0 radical (unpaired) electrons. The van der Waals surface area contributed by atoms with Gasteiger partial charge in [0.1, 0.15) is 6.10 Å². The molecular weight excluding hydrogens is 374 g/mol. The van der Waals surface area contributed by atoms with E-state index in [1.54, 1.807) is 7.11 Å². The summed E-state index contributed by atoms with van der Waals surface area (Å²) in [6.07, 6.45) is 14.1. The maximum Gasteiger partial charge on any atom is 0.336 e. The Kier molecular flexibility index (Phi) is 9.90. The average Bonchev–Trinajstić information content (AvgIpc) is 3.24. The lowest BCUT2D eigenvalue weighted by atomic mass is 10.0. The standard InChI is InChI=1S/C26H41NO3/c1-19(2)10-7-11-20(3)12-8-13-21(4)15-16-24-25(22(5)26(28)30-24)27-17-9-14-23(27)18-29-6/h10,12,15,23-24H,7-9,11,13-14,16-18H2,1-6H3/t23-,24?/m0/s1. The highest BCUT2D eigenvalue weighted by atomic mass is 16.5. The zero-order valence-electron chi connectivity index (χ0n) is 19.9. The number of hydrogen-bond acceptors (Lipinski definition) is 4. The van der Waals surface area contributed by atoms with Crippen LogP contribution in [-0.2, 0) is 14.3 Å². The van der Waals surface area contributed by atoms with Gasteiger partial charge in [-0.25, -0.2) is 4.79 Å². The van der Waals surface area contributed by atoms with Crippen molar-refractivity contribution in [1.82, 2.24) is 4.90 Å². The first-order valence-corrected chi connectivity index (χ1v) is 11.5. The summed E-state index contributed by atoms with van der Waals surface area (Å²) in [6, 6.07) is 0.349. The third kappa shape index (κ3) is 7.16. The second kappa shape index (κ2) is 12.1. The van der Waals surface area contributed by atoms with Gasteiger partial charge >= 0.3 is 5.97 Å². The van der Waals surface area contributed by atoms with Crippen molar-refractivity contribution in [3.05, 3.63) is 46.2 Å². The quantitative estimate of drug-likeness (QED) is 0.302. The van der Waals surface area contributed by atoms with Crippen LogP contribution in [0.25, 0.3) is 0 Å². The SMILES string of the molecule is COC[C@@H]1CCCN1C1=C(C)C(=O)OC1CC=C(C)CCC=C(C)CCC=C(C)C. The molecule has 0 aromatic carbocycles. The van der Waals surface area contributed by atoms with E-state index in [4.69, 9.17) is 9.47 Å². The Morgan fingerprint density at radius 2 is 1.77 bits per heavy atom. The molecular formula is C26H41NO3. The highest BCUT2D eigenvalue weighted by Gasteiger charge is 2.38. The van der Waals surface area contributed by atoms with Gasteiger partial charge in [-0.15, -0.1) is 0 Å². The topological polar surface area (TPSA) is 38.8 Å². The molecule has 0 aromatic rings. The number of cyclic esters (lactones) is 1. The predicted octanol–water partition coefficient (Wildman–Crippen LogP) is 6.11. The van der Waals surface area contributed by atoms with E-state index < -0.39 is 0 Å². The van der Waals surface area contributed by atoms with Gasteiger partial charge in [0.2, 0.25) is 0 Å². The van der Waals surface area contributed by atoms with Gasteiger partial charge in [0.25, 0.3) is 0 Å². The predicted molar refractivity (Wildman–Crippen MR) is 124 cm³/mol. The lowest BCUT2D eigenvalue weighted by Gasteiger charge is -2.30. The average molecular weight is 416 g/mol.